The number of hydrogen-bond donors (Lipinski definition) is 1. The van der Waals surface area contributed by atoms with Crippen LogP contribution in [0.25, 0.3) is 0 Å². The predicted molar refractivity (Wildman–Crippen MR) is 86.7 cm³/mol. The van der Waals surface area contributed by atoms with Gasteiger partial charge in [-0.2, -0.15) is 4.90 Å². The van der Waals surface area contributed by atoms with Gasteiger partial charge in [0.2, 0.25) is 0 Å². The Labute approximate surface area is 139 Å². The van der Waals surface area contributed by atoms with E-state index < -0.39 is 5.92 Å². The third-order valence-corrected chi connectivity index (χ3v) is 4.25. The number of imide groups is 1. The molecule has 2 heterocycles. The summed E-state index contributed by atoms with van der Waals surface area (Å²) in [4.78, 5) is 34.8. The van der Waals surface area contributed by atoms with Crippen LogP contribution in [0.4, 0.5) is 9.18 Å². The molecule has 1 N–H and O–H groups in total. The summed E-state index contributed by atoms with van der Waals surface area (Å²) in [5.41, 5.74) is 2.29. The highest BCUT2D eigenvalue weighted by Gasteiger charge is 2.50. The Balaban J connectivity index is 1.95. The van der Waals surface area contributed by atoms with Crippen molar-refractivity contribution in [2.24, 2.45) is 10.9 Å². The van der Waals surface area contributed by atoms with E-state index in [9.17, 15) is 14.0 Å². The van der Waals surface area contributed by atoms with Gasteiger partial charge in [-0.05, 0) is 24.6 Å². The first-order chi connectivity index (χ1) is 11.4. The van der Waals surface area contributed by atoms with Crippen molar-refractivity contribution in [1.82, 2.24) is 9.80 Å². The monoisotopic (exact) mass is 329 g/mol. The Hall–Kier alpha value is -2.83. The van der Waals surface area contributed by atoms with Gasteiger partial charge >= 0.3 is 6.03 Å². The zero-order valence-corrected chi connectivity index (χ0v) is 13.7. The van der Waals surface area contributed by atoms with Gasteiger partial charge in [0, 0.05) is 12.6 Å². The molecule has 0 saturated carbocycles. The second kappa shape index (κ2) is 5.99. The molecule has 0 spiro atoms. The number of fused-ring (bicyclic) bond motifs is 1. The van der Waals surface area contributed by atoms with E-state index >= 15 is 0 Å². The summed E-state index contributed by atoms with van der Waals surface area (Å²) >= 11 is 0. The molecule has 124 valence electrons. The second-order valence-corrected chi connectivity index (χ2v) is 5.86. The fraction of sp³-hybridized carbons (Fsp3) is 0.294. The molecule has 1 saturated heterocycles. The molecule has 1 atom stereocenters. The van der Waals surface area contributed by atoms with Crippen molar-refractivity contribution in [1.29, 1.82) is 0 Å². The number of amides is 3. The Kier molecular flexibility index (Phi) is 4.01. The van der Waals surface area contributed by atoms with Crippen LogP contribution in [0.1, 0.15) is 12.5 Å². The molecule has 1 aromatic carbocycles. The molecule has 2 aliphatic rings. The average Bonchev–Trinajstić information content (AvgIpc) is 2.58. The van der Waals surface area contributed by atoms with E-state index in [-0.39, 0.29) is 17.8 Å². The number of rotatable bonds is 2. The van der Waals surface area contributed by atoms with Crippen LogP contribution in [0.5, 0.6) is 0 Å². The van der Waals surface area contributed by atoms with Gasteiger partial charge in [0.15, 0.2) is 5.92 Å². The Morgan fingerprint density at radius 2 is 1.83 bits per heavy atom. The van der Waals surface area contributed by atoms with E-state index in [1.54, 1.807) is 25.4 Å². The van der Waals surface area contributed by atoms with Crippen LogP contribution in [0.15, 0.2) is 41.0 Å². The molecule has 24 heavy (non-hydrogen) atoms. The maximum Gasteiger partial charge on any atom is 0.417 e. The van der Waals surface area contributed by atoms with Crippen LogP contribution in [0.2, 0.25) is 0 Å². The van der Waals surface area contributed by atoms with Crippen molar-refractivity contribution < 1.29 is 19.0 Å². The van der Waals surface area contributed by atoms with Crippen LogP contribution >= 0.6 is 0 Å². The lowest BCUT2D eigenvalue weighted by atomic mass is 9.91. The van der Waals surface area contributed by atoms with Crippen LogP contribution < -0.4 is 4.99 Å². The molecule has 0 bridgehead atoms. The molecule has 3 amide bonds. The number of allylic oxidation sites excluding steroid dienone is 1. The van der Waals surface area contributed by atoms with Crippen LogP contribution in [-0.2, 0) is 11.3 Å². The molecular weight excluding hydrogens is 311 g/mol. The van der Waals surface area contributed by atoms with Crippen molar-refractivity contribution in [2.45, 2.75) is 13.5 Å². The summed E-state index contributed by atoms with van der Waals surface area (Å²) in [6, 6.07) is 5.70. The number of carbonyl (C=O) groups excluding carboxylic acids is 2. The molecular formula is C17H18FN4O2+. The number of carbonyl (C=O) groups is 2. The minimum absolute atomic E-state index is 0.302. The minimum atomic E-state index is -0.636. The van der Waals surface area contributed by atoms with Crippen molar-refractivity contribution >= 4 is 23.5 Å². The molecule has 1 aromatic rings. The topological polar surface area (TPSA) is 67.0 Å². The molecule has 2 aliphatic heterocycles. The van der Waals surface area contributed by atoms with Crippen molar-refractivity contribution in [3.8, 4) is 0 Å². The summed E-state index contributed by atoms with van der Waals surface area (Å²) in [6.45, 7) is 2.19. The lowest BCUT2D eigenvalue weighted by molar-refractivity contribution is -0.383. The highest BCUT2D eigenvalue weighted by Crippen LogP contribution is 2.21. The smallest absolute Gasteiger partial charge is 0.283 e. The van der Waals surface area contributed by atoms with Gasteiger partial charge in [-0.1, -0.05) is 12.1 Å². The minimum Gasteiger partial charge on any atom is -0.283 e. The standard InChI is InChI=1S/C17H17FN4O2/c1-10-8-20-15-13(16(23)22(3)17(24)21(15)2)14(10)19-9-11-4-6-12(18)7-5-11/h4-8,13H,9H2,1-3H3/p+1. The Morgan fingerprint density at radius 3 is 2.50 bits per heavy atom. The molecule has 0 aromatic heterocycles. The first kappa shape index (κ1) is 16.0. The van der Waals surface area contributed by atoms with E-state index in [1.165, 1.54) is 24.1 Å². The van der Waals surface area contributed by atoms with E-state index in [1.807, 2.05) is 6.92 Å². The summed E-state index contributed by atoms with van der Waals surface area (Å²) in [6.07, 6.45) is 1.73. The third kappa shape index (κ3) is 2.62. The molecule has 1 fully saturated rings. The van der Waals surface area contributed by atoms with Crippen LogP contribution in [0.3, 0.4) is 0 Å². The normalized spacial score (nSPS) is 22.5. The zero-order chi connectivity index (χ0) is 17.4. The van der Waals surface area contributed by atoms with Crippen molar-refractivity contribution in [2.75, 3.05) is 14.1 Å². The fourth-order valence-corrected chi connectivity index (χ4v) is 2.82. The summed E-state index contributed by atoms with van der Waals surface area (Å²) in [5, 5.41) is 0. The van der Waals surface area contributed by atoms with E-state index in [4.69, 9.17) is 0 Å². The fourth-order valence-electron chi connectivity index (χ4n) is 2.82. The van der Waals surface area contributed by atoms with Gasteiger partial charge in [0.1, 0.15) is 5.82 Å². The van der Waals surface area contributed by atoms with Crippen LogP contribution in [0, 0.1) is 11.7 Å². The molecule has 6 nitrogen and oxygen atoms in total. The Bertz CT molecular complexity index is 795. The number of hydrogen-bond acceptors (Lipinski definition) is 3. The van der Waals surface area contributed by atoms with Gasteiger partial charge in [0.05, 0.1) is 25.5 Å². The van der Waals surface area contributed by atoms with Crippen molar-refractivity contribution in [3.05, 3.63) is 47.4 Å². The number of aliphatic imine (C=N–C) groups is 1. The highest BCUT2D eigenvalue weighted by atomic mass is 19.1. The molecule has 0 radical (unpaired) electrons. The predicted octanol–water partition coefficient (Wildman–Crippen LogP) is 0.303. The maximum absolute atomic E-state index is 13.0. The van der Waals surface area contributed by atoms with Gasteiger partial charge in [-0.3, -0.25) is 9.79 Å². The van der Waals surface area contributed by atoms with Crippen LogP contribution in [-0.4, -0.2) is 47.4 Å². The number of benzene rings is 1. The highest BCUT2D eigenvalue weighted by molar-refractivity contribution is 6.31. The largest absolute Gasteiger partial charge is 0.417 e. The van der Waals surface area contributed by atoms with Gasteiger partial charge < -0.3 is 0 Å². The van der Waals surface area contributed by atoms with Gasteiger partial charge in [0.25, 0.3) is 11.7 Å². The lowest BCUT2D eigenvalue weighted by Crippen LogP contribution is -2.80. The summed E-state index contributed by atoms with van der Waals surface area (Å²) in [5.74, 6) is -0.746. The quantitative estimate of drug-likeness (QED) is 0.848. The maximum atomic E-state index is 13.0. The number of urea groups is 1. The van der Waals surface area contributed by atoms with Gasteiger partial charge in [-0.15, -0.1) is 0 Å². The number of nitrogens with zero attached hydrogens (tertiary/aromatic N) is 3. The zero-order valence-electron chi connectivity index (χ0n) is 13.7. The molecule has 1 unspecified atom stereocenters. The van der Waals surface area contributed by atoms with E-state index in [0.29, 0.717) is 18.1 Å². The summed E-state index contributed by atoms with van der Waals surface area (Å²) in [7, 11) is 3.08. The number of amidine groups is 1. The number of nitrogens with one attached hydrogen (secondary N) is 1. The molecule has 7 heteroatoms. The SMILES string of the molecule is CC1=C[NH+]=C2C(C(=O)N(C)C(=O)N2C)C1=NCc1ccc(F)cc1. The first-order valence-electron chi connectivity index (χ1n) is 7.54. The average molecular weight is 329 g/mol. The first-order valence-corrected chi connectivity index (χ1v) is 7.54. The summed E-state index contributed by atoms with van der Waals surface area (Å²) < 4.78 is 13.0. The molecule has 0 aliphatic carbocycles. The van der Waals surface area contributed by atoms with E-state index in [2.05, 4.69) is 9.98 Å². The third-order valence-electron chi connectivity index (χ3n) is 4.25. The number of halogens is 1. The Morgan fingerprint density at radius 1 is 1.17 bits per heavy atom. The second-order valence-electron chi connectivity index (χ2n) is 5.86. The van der Waals surface area contributed by atoms with Gasteiger partial charge in [-0.25, -0.2) is 19.1 Å². The lowest BCUT2D eigenvalue weighted by Gasteiger charge is -2.32. The van der Waals surface area contributed by atoms with E-state index in [0.717, 1.165) is 16.0 Å². The van der Waals surface area contributed by atoms with Crippen molar-refractivity contribution in [3.63, 3.8) is 0 Å². The molecule has 3 rings (SSSR count).